The molecular weight excluding hydrogens is 522 g/mol. The summed E-state index contributed by atoms with van der Waals surface area (Å²) < 4.78 is 67.5. The number of carbonyl (C=O) groups excluding carboxylic acids is 2. The number of nitrogens with zero attached hydrogens (tertiary/aromatic N) is 1. The third-order valence-electron chi connectivity index (χ3n) is 7.15. The number of benzene rings is 2. The van der Waals surface area contributed by atoms with Crippen LogP contribution in [0.15, 0.2) is 42.5 Å². The maximum Gasteiger partial charge on any atom is 0.573 e. The molecule has 3 amide bonds. The number of methoxy groups -OCH3 is 1. The number of alkyl halides is 3. The van der Waals surface area contributed by atoms with E-state index in [1.165, 1.54) is 30.3 Å². The number of likely N-dealkylation sites (tertiary alicyclic amines) is 1. The van der Waals surface area contributed by atoms with Crippen LogP contribution in [0.3, 0.4) is 0 Å². The average molecular weight is 554 g/mol. The molecule has 2 aromatic rings. The van der Waals surface area contributed by atoms with E-state index < -0.39 is 23.5 Å². The molecule has 0 unspecified atom stereocenters. The normalized spacial score (nSPS) is 18.8. The number of carbonyl (C=O) groups is 2. The van der Waals surface area contributed by atoms with E-state index in [1.807, 2.05) is 0 Å². The van der Waals surface area contributed by atoms with Crippen molar-refractivity contribution in [1.82, 2.24) is 15.5 Å². The molecule has 39 heavy (non-hydrogen) atoms. The van der Waals surface area contributed by atoms with Gasteiger partial charge in [-0.05, 0) is 25.0 Å². The van der Waals surface area contributed by atoms with Crippen LogP contribution < -0.4 is 20.1 Å². The van der Waals surface area contributed by atoms with E-state index in [1.54, 1.807) is 24.1 Å². The second-order valence-electron chi connectivity index (χ2n) is 9.63. The zero-order chi connectivity index (χ0) is 28.0. The van der Waals surface area contributed by atoms with Crippen molar-refractivity contribution >= 4 is 11.9 Å². The molecule has 1 atom stereocenters. The molecule has 0 bridgehead atoms. The minimum atomic E-state index is -4.87. The Labute approximate surface area is 223 Å². The van der Waals surface area contributed by atoms with Gasteiger partial charge >= 0.3 is 12.4 Å². The number of urea groups is 1. The Morgan fingerprint density at radius 3 is 2.56 bits per heavy atom. The summed E-state index contributed by atoms with van der Waals surface area (Å²) in [6.07, 6.45) is -3.71. The largest absolute Gasteiger partial charge is 0.573 e. The summed E-state index contributed by atoms with van der Waals surface area (Å²) in [5.74, 6) is -1.09. The van der Waals surface area contributed by atoms with Crippen LogP contribution in [0.1, 0.15) is 36.3 Å². The SMILES string of the molecule is COCCCOc1cc(F)ccc1[C@@H]1CNC(=O)NC12CCN(C(=O)Cc1ccccc1OC(F)(F)F)CC2. The first-order valence-corrected chi connectivity index (χ1v) is 12.7. The van der Waals surface area contributed by atoms with Gasteiger partial charge in [-0.3, -0.25) is 4.79 Å². The number of para-hydroxylation sites is 1. The fourth-order valence-electron chi connectivity index (χ4n) is 5.24. The number of hydrogen-bond donors (Lipinski definition) is 2. The molecule has 12 heteroatoms. The zero-order valence-electron chi connectivity index (χ0n) is 21.5. The van der Waals surface area contributed by atoms with Crippen LogP contribution in [0.5, 0.6) is 11.5 Å². The number of ether oxygens (including phenoxy) is 3. The summed E-state index contributed by atoms with van der Waals surface area (Å²) >= 11 is 0. The number of rotatable bonds is 9. The van der Waals surface area contributed by atoms with E-state index in [0.29, 0.717) is 44.8 Å². The molecule has 4 rings (SSSR count). The molecule has 1 spiro atoms. The van der Waals surface area contributed by atoms with Gasteiger partial charge < -0.3 is 29.7 Å². The van der Waals surface area contributed by atoms with E-state index in [-0.39, 0.29) is 42.9 Å². The second-order valence-corrected chi connectivity index (χ2v) is 9.63. The highest BCUT2D eigenvalue weighted by Crippen LogP contribution is 2.42. The predicted octanol–water partition coefficient (Wildman–Crippen LogP) is 4.14. The summed E-state index contributed by atoms with van der Waals surface area (Å²) in [4.78, 5) is 27.0. The minimum absolute atomic E-state index is 0.134. The van der Waals surface area contributed by atoms with Crippen molar-refractivity contribution in [2.24, 2.45) is 0 Å². The first kappa shape index (κ1) is 28.5. The van der Waals surface area contributed by atoms with Gasteiger partial charge in [-0.15, -0.1) is 13.2 Å². The van der Waals surface area contributed by atoms with Crippen molar-refractivity contribution in [3.05, 3.63) is 59.4 Å². The van der Waals surface area contributed by atoms with Crippen molar-refractivity contribution in [2.75, 3.05) is 40.0 Å². The fourth-order valence-corrected chi connectivity index (χ4v) is 5.24. The van der Waals surface area contributed by atoms with Crippen molar-refractivity contribution in [3.8, 4) is 11.5 Å². The molecule has 2 heterocycles. The van der Waals surface area contributed by atoms with E-state index in [0.717, 1.165) is 5.56 Å². The molecular formula is C27H31F4N3O5. The Morgan fingerprint density at radius 2 is 1.85 bits per heavy atom. The summed E-state index contributed by atoms with van der Waals surface area (Å²) in [6, 6.07) is 9.54. The van der Waals surface area contributed by atoms with Gasteiger partial charge in [0.2, 0.25) is 5.91 Å². The lowest BCUT2D eigenvalue weighted by atomic mass is 9.71. The van der Waals surface area contributed by atoms with Gasteiger partial charge in [0.1, 0.15) is 17.3 Å². The Kier molecular flexibility index (Phi) is 8.83. The van der Waals surface area contributed by atoms with E-state index >= 15 is 0 Å². The van der Waals surface area contributed by atoms with Gasteiger partial charge in [0.25, 0.3) is 0 Å². The third-order valence-corrected chi connectivity index (χ3v) is 7.15. The molecule has 0 radical (unpaired) electrons. The Morgan fingerprint density at radius 1 is 1.10 bits per heavy atom. The highest BCUT2D eigenvalue weighted by molar-refractivity contribution is 5.80. The maximum atomic E-state index is 14.1. The smallest absolute Gasteiger partial charge is 0.493 e. The first-order chi connectivity index (χ1) is 18.6. The Hall–Kier alpha value is -3.54. The van der Waals surface area contributed by atoms with E-state index in [2.05, 4.69) is 15.4 Å². The van der Waals surface area contributed by atoms with E-state index in [9.17, 15) is 27.2 Å². The number of halogens is 4. The molecule has 8 nitrogen and oxygen atoms in total. The molecule has 0 saturated carbocycles. The van der Waals surface area contributed by atoms with Crippen molar-refractivity contribution in [3.63, 3.8) is 0 Å². The molecule has 2 saturated heterocycles. The summed E-state index contributed by atoms with van der Waals surface area (Å²) in [5, 5.41) is 5.85. The second kappa shape index (κ2) is 12.1. The van der Waals surface area contributed by atoms with Crippen LogP contribution in [-0.4, -0.2) is 68.7 Å². The van der Waals surface area contributed by atoms with Crippen LogP contribution in [0.2, 0.25) is 0 Å². The Balaban J connectivity index is 1.48. The zero-order valence-corrected chi connectivity index (χ0v) is 21.5. The quantitative estimate of drug-likeness (QED) is 0.360. The van der Waals surface area contributed by atoms with Crippen molar-refractivity contribution < 1.29 is 41.4 Å². The summed E-state index contributed by atoms with van der Waals surface area (Å²) in [7, 11) is 1.58. The number of nitrogens with one attached hydrogen (secondary N) is 2. The lowest BCUT2D eigenvalue weighted by molar-refractivity contribution is -0.274. The fraction of sp³-hybridized carbons (Fsp3) is 0.481. The molecule has 212 valence electrons. The van der Waals surface area contributed by atoms with Gasteiger partial charge in [0.15, 0.2) is 0 Å². The third kappa shape index (κ3) is 7.11. The summed E-state index contributed by atoms with van der Waals surface area (Å²) in [5.41, 5.74) is 0.146. The van der Waals surface area contributed by atoms with E-state index in [4.69, 9.17) is 9.47 Å². The standard InChI is InChI=1S/C27H31F4N3O5/c1-37-13-4-14-38-23-16-19(28)7-8-20(23)21-17-32-25(36)33-26(21)9-11-34(12-10-26)24(35)15-18-5-2-3-6-22(18)39-27(29,30)31/h2-3,5-8,16,21H,4,9-15,17H2,1H3,(H2,32,33,36)/t21-/m0/s1. The monoisotopic (exact) mass is 553 g/mol. The van der Waals surface area contributed by atoms with Gasteiger partial charge in [0.05, 0.1) is 18.6 Å². The molecule has 2 N–H and O–H groups in total. The van der Waals surface area contributed by atoms with Crippen molar-refractivity contribution in [1.29, 1.82) is 0 Å². The topological polar surface area (TPSA) is 89.1 Å². The maximum absolute atomic E-state index is 14.1. The van der Waals surface area contributed by atoms with Crippen molar-refractivity contribution in [2.45, 2.75) is 43.5 Å². The van der Waals surface area contributed by atoms with Gasteiger partial charge in [-0.25, -0.2) is 9.18 Å². The van der Waals surface area contributed by atoms with Crippen LogP contribution >= 0.6 is 0 Å². The molecule has 2 aliphatic rings. The lowest BCUT2D eigenvalue weighted by Crippen LogP contribution is -2.66. The number of hydrogen-bond acceptors (Lipinski definition) is 5. The van der Waals surface area contributed by atoms with Gasteiger partial charge in [-0.1, -0.05) is 24.3 Å². The molecule has 2 fully saturated rings. The number of piperidine rings is 1. The lowest BCUT2D eigenvalue weighted by Gasteiger charge is -2.49. The Bertz CT molecular complexity index is 1170. The number of amides is 3. The van der Waals surface area contributed by atoms with Crippen LogP contribution in [0.25, 0.3) is 0 Å². The van der Waals surface area contributed by atoms with Gasteiger partial charge in [0, 0.05) is 62.9 Å². The first-order valence-electron chi connectivity index (χ1n) is 12.7. The molecule has 2 aromatic carbocycles. The highest BCUT2D eigenvalue weighted by atomic mass is 19.4. The molecule has 0 aliphatic carbocycles. The van der Waals surface area contributed by atoms with Gasteiger partial charge in [-0.2, -0.15) is 0 Å². The summed E-state index contributed by atoms with van der Waals surface area (Å²) in [6.45, 7) is 1.67. The van der Waals surface area contributed by atoms with Crippen LogP contribution in [0, 0.1) is 5.82 Å². The minimum Gasteiger partial charge on any atom is -0.493 e. The molecule has 2 aliphatic heterocycles. The predicted molar refractivity (Wildman–Crippen MR) is 133 cm³/mol. The van der Waals surface area contributed by atoms with Crippen LogP contribution in [-0.2, 0) is 16.0 Å². The van der Waals surface area contributed by atoms with Crippen LogP contribution in [0.4, 0.5) is 22.4 Å². The highest BCUT2D eigenvalue weighted by Gasteiger charge is 2.47. The molecule has 0 aromatic heterocycles. The average Bonchev–Trinajstić information content (AvgIpc) is 2.88.